The van der Waals surface area contributed by atoms with Crippen LogP contribution in [0, 0.1) is 17.7 Å². The van der Waals surface area contributed by atoms with E-state index in [2.05, 4.69) is 0 Å². The summed E-state index contributed by atoms with van der Waals surface area (Å²) in [6, 6.07) is 3.77. The average Bonchev–Trinajstić information content (AvgIpc) is 2.74. The molecule has 0 bridgehead atoms. The minimum absolute atomic E-state index is 0.138. The van der Waals surface area contributed by atoms with Gasteiger partial charge in [-0.2, -0.15) is 0 Å². The Kier molecular flexibility index (Phi) is 3.90. The second kappa shape index (κ2) is 5.29. The number of halogens is 2. The summed E-state index contributed by atoms with van der Waals surface area (Å²) >= 11 is 5.76. The quantitative estimate of drug-likeness (QED) is 0.782. The lowest BCUT2D eigenvalue weighted by Gasteiger charge is -2.16. The van der Waals surface area contributed by atoms with Crippen LogP contribution < -0.4 is 0 Å². The highest BCUT2D eigenvalue weighted by Gasteiger charge is 2.36. The molecule has 19 heavy (non-hydrogen) atoms. The molecule has 0 spiro atoms. The van der Waals surface area contributed by atoms with Crippen LogP contribution in [0.3, 0.4) is 0 Å². The Morgan fingerprint density at radius 1 is 1.47 bits per heavy atom. The standard InChI is InChI=1S/C14H15ClFNO2/c1-8(2)9-5-13(18)17(7-9)14(19)11-6-10(15)3-4-12(11)16/h3-4,6,8-9H,5,7H2,1-2H3. The van der Waals surface area contributed by atoms with Crippen molar-refractivity contribution in [1.82, 2.24) is 4.90 Å². The van der Waals surface area contributed by atoms with Crippen LogP contribution in [0.25, 0.3) is 0 Å². The number of likely N-dealkylation sites (tertiary alicyclic amines) is 1. The summed E-state index contributed by atoms with van der Waals surface area (Å²) in [5.41, 5.74) is -0.148. The Hall–Kier alpha value is -1.42. The van der Waals surface area contributed by atoms with Crippen molar-refractivity contribution < 1.29 is 14.0 Å². The molecule has 1 aliphatic heterocycles. The lowest BCUT2D eigenvalue weighted by Crippen LogP contribution is -2.33. The molecule has 1 heterocycles. The number of hydrogen-bond donors (Lipinski definition) is 0. The van der Waals surface area contributed by atoms with E-state index in [1.807, 2.05) is 13.8 Å². The molecule has 102 valence electrons. The van der Waals surface area contributed by atoms with Gasteiger partial charge in [-0.1, -0.05) is 25.4 Å². The molecule has 0 aromatic heterocycles. The van der Waals surface area contributed by atoms with Gasteiger partial charge < -0.3 is 0 Å². The summed E-state index contributed by atoms with van der Waals surface area (Å²) in [4.78, 5) is 25.2. The number of carbonyl (C=O) groups excluding carboxylic acids is 2. The zero-order valence-electron chi connectivity index (χ0n) is 10.8. The van der Waals surface area contributed by atoms with E-state index in [1.165, 1.54) is 12.1 Å². The predicted octanol–water partition coefficient (Wildman–Crippen LogP) is 3.12. The molecule has 1 unspecified atom stereocenters. The molecule has 1 atom stereocenters. The van der Waals surface area contributed by atoms with Crippen LogP contribution in [-0.4, -0.2) is 23.3 Å². The minimum Gasteiger partial charge on any atom is -0.278 e. The molecule has 2 amide bonds. The fourth-order valence-electron chi connectivity index (χ4n) is 2.18. The van der Waals surface area contributed by atoms with Crippen LogP contribution in [0.5, 0.6) is 0 Å². The molecule has 3 nitrogen and oxygen atoms in total. The van der Waals surface area contributed by atoms with Gasteiger partial charge in [0.2, 0.25) is 5.91 Å². The Bertz CT molecular complexity index is 530. The van der Waals surface area contributed by atoms with E-state index in [1.54, 1.807) is 0 Å². The Balaban J connectivity index is 2.25. The molecule has 0 saturated carbocycles. The molecular formula is C14H15ClFNO2. The number of amides is 2. The van der Waals surface area contributed by atoms with Crippen molar-refractivity contribution in [2.45, 2.75) is 20.3 Å². The highest BCUT2D eigenvalue weighted by Crippen LogP contribution is 2.27. The van der Waals surface area contributed by atoms with Crippen LogP contribution in [0.2, 0.25) is 5.02 Å². The number of carbonyl (C=O) groups is 2. The van der Waals surface area contributed by atoms with Crippen LogP contribution in [0.15, 0.2) is 18.2 Å². The summed E-state index contributed by atoms with van der Waals surface area (Å²) in [5.74, 6) is -1.06. The number of benzene rings is 1. The SMILES string of the molecule is CC(C)C1CC(=O)N(C(=O)c2cc(Cl)ccc2F)C1. The molecule has 1 aromatic rings. The van der Waals surface area contributed by atoms with Crippen molar-refractivity contribution in [3.8, 4) is 0 Å². The third kappa shape index (κ3) is 2.78. The zero-order chi connectivity index (χ0) is 14.2. The number of hydrogen-bond acceptors (Lipinski definition) is 2. The third-order valence-electron chi connectivity index (χ3n) is 3.50. The van der Waals surface area contributed by atoms with Crippen LogP contribution >= 0.6 is 11.6 Å². The summed E-state index contributed by atoms with van der Waals surface area (Å²) in [6.45, 7) is 4.36. The van der Waals surface area contributed by atoms with Crippen LogP contribution in [0.1, 0.15) is 30.6 Å². The maximum absolute atomic E-state index is 13.6. The summed E-state index contributed by atoms with van der Waals surface area (Å²) in [5, 5.41) is 0.275. The lowest BCUT2D eigenvalue weighted by atomic mass is 9.95. The van der Waals surface area contributed by atoms with Gasteiger partial charge in [-0.15, -0.1) is 0 Å². The van der Waals surface area contributed by atoms with E-state index in [0.29, 0.717) is 18.9 Å². The van der Waals surface area contributed by atoms with Crippen molar-refractivity contribution in [3.63, 3.8) is 0 Å². The van der Waals surface area contributed by atoms with Gasteiger partial charge in [0.25, 0.3) is 5.91 Å². The van der Waals surface area contributed by atoms with E-state index >= 15 is 0 Å². The fraction of sp³-hybridized carbons (Fsp3) is 0.429. The first-order chi connectivity index (χ1) is 8.90. The zero-order valence-corrected chi connectivity index (χ0v) is 11.6. The molecule has 1 aliphatic rings. The van der Waals surface area contributed by atoms with Crippen LogP contribution in [0.4, 0.5) is 4.39 Å². The highest BCUT2D eigenvalue weighted by atomic mass is 35.5. The van der Waals surface area contributed by atoms with Crippen molar-refractivity contribution in [3.05, 3.63) is 34.6 Å². The van der Waals surface area contributed by atoms with E-state index in [0.717, 1.165) is 11.0 Å². The summed E-state index contributed by atoms with van der Waals surface area (Å²) < 4.78 is 13.6. The first kappa shape index (κ1) is 14.0. The summed E-state index contributed by atoms with van der Waals surface area (Å²) in [7, 11) is 0. The van der Waals surface area contributed by atoms with Gasteiger partial charge >= 0.3 is 0 Å². The second-order valence-corrected chi connectivity index (χ2v) is 5.58. The Morgan fingerprint density at radius 2 is 2.16 bits per heavy atom. The fourth-order valence-corrected chi connectivity index (χ4v) is 2.36. The van der Waals surface area contributed by atoms with E-state index in [-0.39, 0.29) is 22.4 Å². The normalized spacial score (nSPS) is 19.3. The maximum Gasteiger partial charge on any atom is 0.263 e. The van der Waals surface area contributed by atoms with Crippen LogP contribution in [-0.2, 0) is 4.79 Å². The van der Waals surface area contributed by atoms with Gasteiger partial charge in [-0.05, 0) is 30.0 Å². The van der Waals surface area contributed by atoms with E-state index in [9.17, 15) is 14.0 Å². The van der Waals surface area contributed by atoms with E-state index in [4.69, 9.17) is 11.6 Å². The smallest absolute Gasteiger partial charge is 0.263 e. The Morgan fingerprint density at radius 3 is 2.74 bits per heavy atom. The van der Waals surface area contributed by atoms with Gasteiger partial charge in [0.05, 0.1) is 5.56 Å². The van der Waals surface area contributed by atoms with Gasteiger partial charge in [0.1, 0.15) is 5.82 Å². The molecule has 1 saturated heterocycles. The minimum atomic E-state index is -0.657. The van der Waals surface area contributed by atoms with Gasteiger partial charge in [-0.25, -0.2) is 4.39 Å². The molecule has 1 aromatic carbocycles. The van der Waals surface area contributed by atoms with Crippen molar-refractivity contribution in [2.24, 2.45) is 11.8 Å². The first-order valence-electron chi connectivity index (χ1n) is 6.20. The first-order valence-corrected chi connectivity index (χ1v) is 6.57. The number of rotatable bonds is 2. The van der Waals surface area contributed by atoms with Gasteiger partial charge in [0, 0.05) is 18.0 Å². The predicted molar refractivity (Wildman–Crippen MR) is 70.4 cm³/mol. The molecule has 0 aliphatic carbocycles. The monoisotopic (exact) mass is 283 g/mol. The van der Waals surface area contributed by atoms with Crippen molar-refractivity contribution >= 4 is 23.4 Å². The molecule has 0 radical (unpaired) electrons. The number of imide groups is 1. The highest BCUT2D eigenvalue weighted by molar-refractivity contribution is 6.31. The molecule has 2 rings (SSSR count). The van der Waals surface area contributed by atoms with Crippen molar-refractivity contribution in [1.29, 1.82) is 0 Å². The average molecular weight is 284 g/mol. The van der Waals surface area contributed by atoms with Crippen molar-refractivity contribution in [2.75, 3.05) is 6.54 Å². The third-order valence-corrected chi connectivity index (χ3v) is 3.74. The Labute approximate surface area is 116 Å². The molecule has 0 N–H and O–H groups in total. The van der Waals surface area contributed by atoms with Gasteiger partial charge in [0.15, 0.2) is 0 Å². The molecule has 1 fully saturated rings. The topological polar surface area (TPSA) is 37.4 Å². The second-order valence-electron chi connectivity index (χ2n) is 5.14. The summed E-state index contributed by atoms with van der Waals surface area (Å²) in [6.07, 6.45) is 0.339. The van der Waals surface area contributed by atoms with Gasteiger partial charge in [-0.3, -0.25) is 14.5 Å². The lowest BCUT2D eigenvalue weighted by molar-refractivity contribution is -0.125. The molecule has 5 heteroatoms. The molecular weight excluding hydrogens is 269 g/mol. The number of nitrogens with zero attached hydrogens (tertiary/aromatic N) is 1. The maximum atomic E-state index is 13.6. The largest absolute Gasteiger partial charge is 0.278 e. The van der Waals surface area contributed by atoms with E-state index < -0.39 is 11.7 Å².